The van der Waals surface area contributed by atoms with E-state index in [1.807, 2.05) is 29.2 Å². The van der Waals surface area contributed by atoms with Crippen molar-refractivity contribution in [3.05, 3.63) is 41.6 Å². The van der Waals surface area contributed by atoms with Gasteiger partial charge in [0.2, 0.25) is 5.91 Å². The number of nitrogens with one attached hydrogen (secondary N) is 1. The van der Waals surface area contributed by atoms with Gasteiger partial charge in [-0.2, -0.15) is 0 Å². The number of piperidine rings is 1. The van der Waals surface area contributed by atoms with Gasteiger partial charge in [-0.3, -0.25) is 4.79 Å². The zero-order chi connectivity index (χ0) is 19.0. The number of aromatic nitrogens is 2. The van der Waals surface area contributed by atoms with Gasteiger partial charge in [-0.1, -0.05) is 30.0 Å². The molecule has 1 aromatic carbocycles. The van der Waals surface area contributed by atoms with Gasteiger partial charge in [0.15, 0.2) is 5.16 Å². The lowest BCUT2D eigenvalue weighted by atomic mass is 9.81. The monoisotopic (exact) mass is 390 g/mol. The van der Waals surface area contributed by atoms with Gasteiger partial charge in [0.25, 0.3) is 6.43 Å². The van der Waals surface area contributed by atoms with Crippen molar-refractivity contribution < 1.29 is 13.6 Å². The summed E-state index contributed by atoms with van der Waals surface area (Å²) >= 11 is 1.26. The first kappa shape index (κ1) is 18.2. The number of fused-ring (bicyclic) bond motifs is 1. The SMILES string of the molecule is CSc1nc(C(F)F)cc(N2CCC(C3C(=O)Nc4ccccc43)CC2)n1. The van der Waals surface area contributed by atoms with E-state index < -0.39 is 6.43 Å². The normalized spacial score (nSPS) is 20.1. The number of amides is 1. The number of halogens is 2. The highest BCUT2D eigenvalue weighted by Gasteiger charge is 2.38. The van der Waals surface area contributed by atoms with Crippen molar-refractivity contribution in [3.63, 3.8) is 0 Å². The molecule has 142 valence electrons. The third-order valence-electron chi connectivity index (χ3n) is 5.29. The molecule has 27 heavy (non-hydrogen) atoms. The molecule has 1 N–H and O–H groups in total. The Kier molecular flexibility index (Phi) is 4.99. The molecule has 0 aliphatic carbocycles. The van der Waals surface area contributed by atoms with Crippen molar-refractivity contribution in [3.8, 4) is 0 Å². The molecule has 2 aliphatic heterocycles. The standard InChI is InChI=1S/C19H20F2N4OS/c1-27-19-23-14(17(20)21)10-15(24-19)25-8-6-11(7-9-25)16-12-4-2-3-5-13(12)22-18(16)26/h2-5,10-11,16-17H,6-9H2,1H3,(H,22,26). The minimum Gasteiger partial charge on any atom is -0.356 e. The Morgan fingerprint density at radius 3 is 2.67 bits per heavy atom. The molecule has 1 unspecified atom stereocenters. The van der Waals surface area contributed by atoms with Crippen LogP contribution in [-0.4, -0.2) is 35.2 Å². The Morgan fingerprint density at radius 2 is 1.96 bits per heavy atom. The predicted octanol–water partition coefficient (Wildman–Crippen LogP) is 4.09. The largest absolute Gasteiger partial charge is 0.356 e. The quantitative estimate of drug-likeness (QED) is 0.630. The second-order valence-corrected chi connectivity index (χ2v) is 7.59. The highest BCUT2D eigenvalue weighted by molar-refractivity contribution is 7.98. The van der Waals surface area contributed by atoms with Gasteiger partial charge < -0.3 is 10.2 Å². The summed E-state index contributed by atoms with van der Waals surface area (Å²) in [6.07, 6.45) is 0.787. The van der Waals surface area contributed by atoms with E-state index in [1.165, 1.54) is 17.8 Å². The minimum atomic E-state index is -2.62. The van der Waals surface area contributed by atoms with Crippen LogP contribution in [0.15, 0.2) is 35.5 Å². The fourth-order valence-corrected chi connectivity index (χ4v) is 4.34. The lowest BCUT2D eigenvalue weighted by Crippen LogP contribution is -2.37. The highest BCUT2D eigenvalue weighted by Crippen LogP contribution is 2.41. The van der Waals surface area contributed by atoms with Crippen LogP contribution in [-0.2, 0) is 4.79 Å². The van der Waals surface area contributed by atoms with Crippen molar-refractivity contribution in [1.29, 1.82) is 0 Å². The molecular formula is C19H20F2N4OS. The Balaban J connectivity index is 1.50. The molecule has 1 fully saturated rings. The molecule has 5 nitrogen and oxygen atoms in total. The number of para-hydroxylation sites is 1. The topological polar surface area (TPSA) is 58.1 Å². The van der Waals surface area contributed by atoms with E-state index in [-0.39, 0.29) is 23.4 Å². The fourth-order valence-electron chi connectivity index (χ4n) is 3.96. The predicted molar refractivity (Wildman–Crippen MR) is 102 cm³/mol. The first-order valence-corrected chi connectivity index (χ1v) is 10.1. The van der Waals surface area contributed by atoms with Crippen molar-refractivity contribution in [2.45, 2.75) is 30.3 Å². The number of carbonyl (C=O) groups excluding carboxylic acids is 1. The number of anilines is 2. The van der Waals surface area contributed by atoms with Crippen molar-refractivity contribution in [2.75, 3.05) is 29.6 Å². The molecular weight excluding hydrogens is 370 g/mol. The number of hydrogen-bond donors (Lipinski definition) is 1. The van der Waals surface area contributed by atoms with Gasteiger partial charge in [0.05, 0.1) is 5.92 Å². The van der Waals surface area contributed by atoms with Crippen LogP contribution in [0.25, 0.3) is 0 Å². The number of alkyl halides is 2. The Hall–Kier alpha value is -2.22. The van der Waals surface area contributed by atoms with Crippen molar-refractivity contribution >= 4 is 29.2 Å². The molecule has 1 saturated heterocycles. The Morgan fingerprint density at radius 1 is 1.22 bits per heavy atom. The number of hydrogen-bond acceptors (Lipinski definition) is 5. The van der Waals surface area contributed by atoms with Crippen LogP contribution < -0.4 is 10.2 Å². The summed E-state index contributed by atoms with van der Waals surface area (Å²) in [5, 5.41) is 3.32. The first-order valence-electron chi connectivity index (χ1n) is 8.92. The Labute approximate surface area is 160 Å². The number of nitrogens with zero attached hydrogens (tertiary/aromatic N) is 3. The molecule has 1 aromatic heterocycles. The first-order chi connectivity index (χ1) is 13.1. The molecule has 8 heteroatoms. The number of rotatable bonds is 4. The van der Waals surface area contributed by atoms with E-state index in [2.05, 4.69) is 15.3 Å². The molecule has 0 saturated carbocycles. The van der Waals surface area contributed by atoms with Crippen LogP contribution in [0.1, 0.15) is 36.4 Å². The maximum absolute atomic E-state index is 13.1. The molecule has 0 bridgehead atoms. The molecule has 4 rings (SSSR count). The minimum absolute atomic E-state index is 0.0568. The lowest BCUT2D eigenvalue weighted by Gasteiger charge is -2.35. The van der Waals surface area contributed by atoms with Crippen LogP contribution in [0, 0.1) is 5.92 Å². The summed E-state index contributed by atoms with van der Waals surface area (Å²) in [4.78, 5) is 22.7. The molecule has 0 spiro atoms. The third kappa shape index (κ3) is 3.50. The van der Waals surface area contributed by atoms with E-state index in [9.17, 15) is 13.6 Å². The molecule has 1 atom stereocenters. The number of carbonyl (C=O) groups is 1. The van der Waals surface area contributed by atoms with E-state index in [4.69, 9.17) is 0 Å². The van der Waals surface area contributed by atoms with E-state index >= 15 is 0 Å². The van der Waals surface area contributed by atoms with Crippen LogP contribution in [0.4, 0.5) is 20.3 Å². The average molecular weight is 390 g/mol. The summed E-state index contributed by atoms with van der Waals surface area (Å²) in [6.45, 7) is 1.37. The molecule has 2 aliphatic rings. The summed E-state index contributed by atoms with van der Waals surface area (Å²) in [5.41, 5.74) is 1.72. The highest BCUT2D eigenvalue weighted by atomic mass is 32.2. The molecule has 1 amide bonds. The second kappa shape index (κ2) is 7.42. The van der Waals surface area contributed by atoms with Gasteiger partial charge in [0.1, 0.15) is 11.5 Å². The molecule has 2 aromatic rings. The smallest absolute Gasteiger partial charge is 0.280 e. The van der Waals surface area contributed by atoms with E-state index in [0.29, 0.717) is 24.1 Å². The van der Waals surface area contributed by atoms with Gasteiger partial charge >= 0.3 is 0 Å². The van der Waals surface area contributed by atoms with Gasteiger partial charge in [-0.15, -0.1) is 0 Å². The fraction of sp³-hybridized carbons (Fsp3) is 0.421. The average Bonchev–Trinajstić information content (AvgIpc) is 3.03. The summed E-state index contributed by atoms with van der Waals surface area (Å²) in [7, 11) is 0. The number of benzene rings is 1. The lowest BCUT2D eigenvalue weighted by molar-refractivity contribution is -0.118. The maximum Gasteiger partial charge on any atom is 0.280 e. The maximum atomic E-state index is 13.1. The molecule has 3 heterocycles. The van der Waals surface area contributed by atoms with Gasteiger partial charge in [-0.25, -0.2) is 18.7 Å². The van der Waals surface area contributed by atoms with Crippen LogP contribution in [0.3, 0.4) is 0 Å². The number of thioether (sulfide) groups is 1. The van der Waals surface area contributed by atoms with Crippen LogP contribution in [0.2, 0.25) is 0 Å². The summed E-state index contributed by atoms with van der Waals surface area (Å²) < 4.78 is 26.2. The zero-order valence-electron chi connectivity index (χ0n) is 14.9. The second-order valence-electron chi connectivity index (χ2n) is 6.82. The third-order valence-corrected chi connectivity index (χ3v) is 5.84. The van der Waals surface area contributed by atoms with Crippen LogP contribution in [0.5, 0.6) is 0 Å². The summed E-state index contributed by atoms with van der Waals surface area (Å²) in [6, 6.07) is 9.19. The van der Waals surface area contributed by atoms with Gasteiger partial charge in [0, 0.05) is 24.8 Å². The summed E-state index contributed by atoms with van der Waals surface area (Å²) in [5.74, 6) is 0.703. The van der Waals surface area contributed by atoms with Crippen LogP contribution >= 0.6 is 11.8 Å². The van der Waals surface area contributed by atoms with Crippen molar-refractivity contribution in [1.82, 2.24) is 9.97 Å². The Bertz CT molecular complexity index is 855. The zero-order valence-corrected chi connectivity index (χ0v) is 15.7. The van der Waals surface area contributed by atoms with E-state index in [0.717, 1.165) is 24.1 Å². The van der Waals surface area contributed by atoms with E-state index in [1.54, 1.807) is 6.26 Å². The molecule has 0 radical (unpaired) electrons. The van der Waals surface area contributed by atoms with Crippen molar-refractivity contribution in [2.24, 2.45) is 5.92 Å². The van der Waals surface area contributed by atoms with Gasteiger partial charge in [-0.05, 0) is 36.6 Å².